The molecule has 11 N–H and O–H groups in total. The molecule has 0 spiro atoms. The van der Waals surface area contributed by atoms with Gasteiger partial charge in [-0.2, -0.15) is 0 Å². The van der Waals surface area contributed by atoms with Crippen LogP contribution in [0.5, 0.6) is 0 Å². The van der Waals surface area contributed by atoms with Crippen LogP contribution in [0.15, 0.2) is 0 Å². The maximum Gasteiger partial charge on any atom is 0.0783 e. The molecule has 0 fully saturated rings. The zero-order chi connectivity index (χ0) is 10.2. The largest absolute Gasteiger partial charge is 0.870 e. The van der Waals surface area contributed by atoms with Crippen molar-refractivity contribution >= 4 is 0 Å². The second-order valence-corrected chi connectivity index (χ2v) is 4.24. The van der Waals surface area contributed by atoms with Gasteiger partial charge in [-0.15, -0.1) is 0 Å². The highest BCUT2D eigenvalue weighted by molar-refractivity contribution is 4.43. The van der Waals surface area contributed by atoms with E-state index in [9.17, 15) is 0 Å². The zero-order valence-corrected chi connectivity index (χ0v) is 13.1. The van der Waals surface area contributed by atoms with Crippen LogP contribution in [-0.2, 0) is 0 Å². The topological polar surface area (TPSA) is 188 Å². The van der Waals surface area contributed by atoms with Gasteiger partial charge in [0.05, 0.1) is 26.2 Å². The summed E-state index contributed by atoms with van der Waals surface area (Å²) in [6.45, 7) is 14.8. The summed E-state index contributed by atoms with van der Waals surface area (Å²) in [6.07, 6.45) is 5.33. The highest BCUT2D eigenvalue weighted by atomic mass is 16.0. The minimum absolute atomic E-state index is 0. The summed E-state index contributed by atoms with van der Waals surface area (Å²) in [5.41, 5.74) is 0. The van der Waals surface area contributed by atoms with E-state index in [1.807, 2.05) is 0 Å². The van der Waals surface area contributed by atoms with Gasteiger partial charge in [-0.05, 0) is 25.7 Å². The van der Waals surface area contributed by atoms with Gasteiger partial charge in [0.2, 0.25) is 0 Å². The smallest absolute Gasteiger partial charge is 0.0783 e. The molecule has 0 saturated carbocycles. The van der Waals surface area contributed by atoms with Crippen molar-refractivity contribution in [3.05, 3.63) is 0 Å². The van der Waals surface area contributed by atoms with E-state index in [1.165, 1.54) is 56.3 Å². The molecule has 0 bridgehead atoms. The molecule has 0 aromatic rings. The van der Waals surface area contributed by atoms with Gasteiger partial charge in [0.1, 0.15) is 0 Å². The fourth-order valence-corrected chi connectivity index (χ4v) is 2.57. The third kappa shape index (κ3) is 17.7. The lowest BCUT2D eigenvalue weighted by Crippen LogP contribution is -2.50. The van der Waals surface area contributed by atoms with Gasteiger partial charge < -0.3 is 37.3 Å². The average molecular weight is 293 g/mol. The molecule has 0 rings (SSSR count). The standard InChI is InChI=1S/C12H28N.6H2O/c1-5-9-13(10-6-2,11-7-3)12-8-4;;;;;;/h5-12H2,1-4H3;6*1H2/q+1;;;;;;/p-1. The first-order chi connectivity index (χ1) is 6.24. The molecule has 0 amide bonds. The molecule has 0 aliphatic carbocycles. The Labute approximate surface area is 118 Å². The van der Waals surface area contributed by atoms with Gasteiger partial charge in [0, 0.05) is 0 Å². The van der Waals surface area contributed by atoms with E-state index in [-0.39, 0.29) is 32.9 Å². The Kier molecular flexibility index (Phi) is 59.3. The van der Waals surface area contributed by atoms with Crippen LogP contribution in [0.1, 0.15) is 53.4 Å². The predicted octanol–water partition coefficient (Wildman–Crippen LogP) is -0.857. The summed E-state index contributed by atoms with van der Waals surface area (Å²) in [7, 11) is 0. The van der Waals surface area contributed by atoms with E-state index >= 15 is 0 Å². The first-order valence-corrected chi connectivity index (χ1v) is 6.09. The first-order valence-electron chi connectivity index (χ1n) is 6.09. The number of hydrogen-bond donors (Lipinski definition) is 0. The Morgan fingerprint density at radius 1 is 0.474 bits per heavy atom. The van der Waals surface area contributed by atoms with Crippen LogP contribution in [0.25, 0.3) is 0 Å². The molecule has 0 heterocycles. The van der Waals surface area contributed by atoms with Gasteiger partial charge in [0.15, 0.2) is 0 Å². The molecule has 7 nitrogen and oxygen atoms in total. The molecular weight excluding hydrogens is 254 g/mol. The lowest BCUT2D eigenvalue weighted by molar-refractivity contribution is -0.928. The lowest BCUT2D eigenvalue weighted by Gasteiger charge is -2.38. The van der Waals surface area contributed by atoms with Crippen molar-refractivity contribution in [3.63, 3.8) is 0 Å². The van der Waals surface area contributed by atoms with Crippen molar-refractivity contribution in [1.29, 1.82) is 0 Å². The van der Waals surface area contributed by atoms with Crippen molar-refractivity contribution in [2.75, 3.05) is 26.2 Å². The number of nitrogens with zero attached hydrogens (tertiary/aromatic N) is 1. The van der Waals surface area contributed by atoms with Crippen LogP contribution in [0, 0.1) is 0 Å². The number of hydrogen-bond acceptors (Lipinski definition) is 1. The Bertz CT molecular complexity index is 97.3. The SMILES string of the molecule is CCC[N+](CCC)(CCC)CCC.O.O.O.O.O.[OH-]. The van der Waals surface area contributed by atoms with Gasteiger partial charge in [-0.1, -0.05) is 27.7 Å². The van der Waals surface area contributed by atoms with Gasteiger partial charge in [0.25, 0.3) is 0 Å². The Morgan fingerprint density at radius 2 is 0.632 bits per heavy atom. The zero-order valence-electron chi connectivity index (χ0n) is 13.1. The second kappa shape index (κ2) is 26.3. The van der Waals surface area contributed by atoms with Gasteiger partial charge in [-0.25, -0.2) is 0 Å². The molecule has 0 radical (unpaired) electrons. The summed E-state index contributed by atoms with van der Waals surface area (Å²) in [4.78, 5) is 0. The lowest BCUT2D eigenvalue weighted by atomic mass is 10.2. The number of quaternary nitrogens is 1. The highest BCUT2D eigenvalue weighted by Crippen LogP contribution is 2.12. The van der Waals surface area contributed by atoms with Crippen LogP contribution in [-0.4, -0.2) is 63.5 Å². The normalized spacial score (nSPS) is 8.21. The third-order valence-electron chi connectivity index (χ3n) is 2.79. The third-order valence-corrected chi connectivity index (χ3v) is 2.79. The van der Waals surface area contributed by atoms with Crippen LogP contribution in [0.2, 0.25) is 0 Å². The van der Waals surface area contributed by atoms with Crippen LogP contribution < -0.4 is 0 Å². The van der Waals surface area contributed by atoms with Gasteiger partial charge >= 0.3 is 0 Å². The Balaban J connectivity index is -0.0000000480. The maximum atomic E-state index is 2.31. The van der Waals surface area contributed by atoms with Crippen molar-refractivity contribution in [3.8, 4) is 0 Å². The van der Waals surface area contributed by atoms with E-state index in [2.05, 4.69) is 27.7 Å². The molecule has 0 aliphatic heterocycles. The summed E-state index contributed by atoms with van der Waals surface area (Å²) in [5.74, 6) is 0. The van der Waals surface area contributed by atoms with Crippen LogP contribution >= 0.6 is 0 Å². The van der Waals surface area contributed by atoms with Crippen molar-refractivity contribution < 1.29 is 37.3 Å². The summed E-state index contributed by atoms with van der Waals surface area (Å²) < 4.78 is 1.38. The van der Waals surface area contributed by atoms with E-state index in [0.29, 0.717) is 0 Å². The van der Waals surface area contributed by atoms with Crippen molar-refractivity contribution in [2.24, 2.45) is 0 Å². The molecule has 19 heavy (non-hydrogen) atoms. The summed E-state index contributed by atoms with van der Waals surface area (Å²) in [6, 6.07) is 0. The monoisotopic (exact) mass is 293 g/mol. The molecule has 0 saturated heterocycles. The molecule has 0 aliphatic rings. The fraction of sp³-hybridized carbons (Fsp3) is 1.00. The molecule has 0 unspecified atom stereocenters. The molecule has 7 heteroatoms. The molecule has 128 valence electrons. The van der Waals surface area contributed by atoms with E-state index in [4.69, 9.17) is 0 Å². The molecule has 0 aromatic carbocycles. The predicted molar refractivity (Wildman–Crippen MR) is 80.9 cm³/mol. The Morgan fingerprint density at radius 3 is 0.737 bits per heavy atom. The highest BCUT2D eigenvalue weighted by Gasteiger charge is 2.22. The first kappa shape index (κ1) is 42.8. The minimum Gasteiger partial charge on any atom is -0.870 e. The average Bonchev–Trinajstić information content (AvgIpc) is 2.06. The maximum absolute atomic E-state index is 2.31. The summed E-state index contributed by atoms with van der Waals surface area (Å²) in [5, 5.41) is 0. The summed E-state index contributed by atoms with van der Waals surface area (Å²) >= 11 is 0. The molecular formula is C12H39NO6. The minimum atomic E-state index is 0. The van der Waals surface area contributed by atoms with Crippen molar-refractivity contribution in [1.82, 2.24) is 0 Å². The van der Waals surface area contributed by atoms with Gasteiger partial charge in [-0.3, -0.25) is 0 Å². The quantitative estimate of drug-likeness (QED) is 0.518. The second-order valence-electron chi connectivity index (χ2n) is 4.24. The molecule has 0 aromatic heterocycles. The van der Waals surface area contributed by atoms with Crippen LogP contribution in [0.4, 0.5) is 0 Å². The fourth-order valence-electron chi connectivity index (χ4n) is 2.57. The van der Waals surface area contributed by atoms with E-state index in [0.717, 1.165) is 0 Å². The van der Waals surface area contributed by atoms with E-state index in [1.54, 1.807) is 0 Å². The number of rotatable bonds is 8. The van der Waals surface area contributed by atoms with Crippen molar-refractivity contribution in [2.45, 2.75) is 53.4 Å². The van der Waals surface area contributed by atoms with Crippen LogP contribution in [0.3, 0.4) is 0 Å². The Hall–Kier alpha value is -0.280. The molecule has 0 atom stereocenters. The van der Waals surface area contributed by atoms with E-state index < -0.39 is 0 Å².